The number of nitrogens with one attached hydrogen (secondary N) is 1. The van der Waals surface area contributed by atoms with Crippen LogP contribution in [0.2, 0.25) is 15.1 Å². The van der Waals surface area contributed by atoms with Crippen LogP contribution >= 0.6 is 50.7 Å². The third kappa shape index (κ3) is 5.09. The van der Waals surface area contributed by atoms with Gasteiger partial charge in [0.25, 0.3) is 6.43 Å². The average molecular weight is 528 g/mol. The van der Waals surface area contributed by atoms with Gasteiger partial charge in [-0.05, 0) is 40.5 Å². The maximum Gasteiger partial charge on any atom is 0.283 e. The quantitative estimate of drug-likeness (QED) is 0.445. The fraction of sp³-hybridized carbons (Fsp3) is 0.235. The molecule has 0 bridgehead atoms. The van der Waals surface area contributed by atoms with E-state index < -0.39 is 18.0 Å². The summed E-state index contributed by atoms with van der Waals surface area (Å²) in [5.41, 5.74) is 0.520. The summed E-state index contributed by atoms with van der Waals surface area (Å²) >= 11 is 21.2. The largest absolute Gasteiger partial charge is 0.307 e. The fourth-order valence-electron chi connectivity index (χ4n) is 2.54. The van der Waals surface area contributed by atoms with Gasteiger partial charge in [0.05, 0.1) is 21.7 Å². The first-order chi connectivity index (χ1) is 13.7. The van der Waals surface area contributed by atoms with Gasteiger partial charge in [0.15, 0.2) is 5.82 Å². The summed E-state index contributed by atoms with van der Waals surface area (Å²) < 4.78 is 29.0. The first-order valence-corrected chi connectivity index (χ1v) is 10.1. The zero-order valence-corrected chi connectivity index (χ0v) is 18.6. The number of amides is 1. The Kier molecular flexibility index (Phi) is 6.83. The van der Waals surface area contributed by atoms with E-state index in [-0.39, 0.29) is 23.1 Å². The van der Waals surface area contributed by atoms with Crippen molar-refractivity contribution >= 4 is 62.5 Å². The lowest BCUT2D eigenvalue weighted by Crippen LogP contribution is -2.21. The molecular formula is C17H13BrCl3F2N5O. The average Bonchev–Trinajstić information content (AvgIpc) is 3.11. The van der Waals surface area contributed by atoms with Crippen molar-refractivity contribution in [2.75, 3.05) is 5.32 Å². The number of nitrogens with zero attached hydrogens (tertiary/aromatic N) is 4. The van der Waals surface area contributed by atoms with Crippen molar-refractivity contribution < 1.29 is 13.6 Å². The van der Waals surface area contributed by atoms with Crippen LogP contribution in [0.5, 0.6) is 0 Å². The van der Waals surface area contributed by atoms with E-state index in [0.717, 1.165) is 10.2 Å². The number of hydrogen-bond acceptors (Lipinski definition) is 3. The van der Waals surface area contributed by atoms with Crippen molar-refractivity contribution in [2.45, 2.75) is 26.4 Å². The number of aromatic nitrogens is 4. The maximum absolute atomic E-state index is 12.9. The molecule has 1 aromatic carbocycles. The molecule has 12 heteroatoms. The number of alkyl halides is 2. The van der Waals surface area contributed by atoms with Crippen LogP contribution in [0.3, 0.4) is 0 Å². The molecule has 0 fully saturated rings. The third-order valence-corrected chi connectivity index (χ3v) is 5.61. The van der Waals surface area contributed by atoms with Gasteiger partial charge in [-0.3, -0.25) is 14.2 Å². The van der Waals surface area contributed by atoms with Crippen molar-refractivity contribution in [3.63, 3.8) is 0 Å². The Hall–Kier alpha value is -1.68. The second kappa shape index (κ2) is 8.99. The summed E-state index contributed by atoms with van der Waals surface area (Å²) in [5.74, 6) is -0.228. The second-order valence-electron chi connectivity index (χ2n) is 6.05. The lowest BCUT2D eigenvalue weighted by atomic mass is 10.2. The molecule has 1 amide bonds. The Balaban J connectivity index is 1.71. The van der Waals surface area contributed by atoms with Crippen LogP contribution in [0.25, 0.3) is 0 Å². The van der Waals surface area contributed by atoms with E-state index in [1.807, 2.05) is 0 Å². The Bertz CT molecular complexity index is 1070. The van der Waals surface area contributed by atoms with Crippen LogP contribution in [0.1, 0.15) is 23.4 Å². The molecule has 0 saturated carbocycles. The third-order valence-electron chi connectivity index (χ3n) is 3.98. The molecule has 0 spiro atoms. The summed E-state index contributed by atoms with van der Waals surface area (Å²) in [6, 6.07) is 5.13. The molecule has 2 heterocycles. The molecule has 0 radical (unpaired) electrons. The van der Waals surface area contributed by atoms with Gasteiger partial charge in [0.2, 0.25) is 5.91 Å². The molecule has 0 aliphatic rings. The van der Waals surface area contributed by atoms with Crippen molar-refractivity contribution in [3.8, 4) is 0 Å². The fourth-order valence-corrected chi connectivity index (χ4v) is 3.64. The number of anilines is 1. The topological polar surface area (TPSA) is 64.7 Å². The zero-order valence-electron chi connectivity index (χ0n) is 14.8. The SMILES string of the molecule is Cc1c(Cl)c(C(F)F)nn1CC(=O)Nc1nn(Cc2ccc(Cl)cc2Cl)cc1Br. The summed E-state index contributed by atoms with van der Waals surface area (Å²) in [6.45, 7) is 1.58. The minimum absolute atomic E-state index is 0.155. The van der Waals surface area contributed by atoms with Gasteiger partial charge in [-0.1, -0.05) is 40.9 Å². The Labute approximate surface area is 187 Å². The van der Waals surface area contributed by atoms with Crippen molar-refractivity contribution in [2.24, 2.45) is 0 Å². The summed E-state index contributed by atoms with van der Waals surface area (Å²) in [5, 5.41) is 11.5. The normalized spacial score (nSPS) is 11.3. The highest BCUT2D eigenvalue weighted by atomic mass is 79.9. The molecule has 0 atom stereocenters. The van der Waals surface area contributed by atoms with Crippen LogP contribution in [0.4, 0.5) is 14.6 Å². The molecular weight excluding hydrogens is 514 g/mol. The standard InChI is InChI=1S/C17H13BrCl3F2N5O/c1-8-14(21)15(16(22)23)25-28(8)7-13(29)24-17-11(18)6-27(26-17)5-9-2-3-10(19)4-12(9)20/h2-4,6,16H,5,7H2,1H3,(H,24,26,29). The molecule has 3 aromatic rings. The van der Waals surface area contributed by atoms with Gasteiger partial charge in [-0.25, -0.2) is 8.78 Å². The molecule has 154 valence electrons. The lowest BCUT2D eigenvalue weighted by molar-refractivity contribution is -0.117. The van der Waals surface area contributed by atoms with Crippen LogP contribution in [-0.4, -0.2) is 25.5 Å². The van der Waals surface area contributed by atoms with E-state index in [9.17, 15) is 13.6 Å². The van der Waals surface area contributed by atoms with Crippen molar-refractivity contribution in [1.82, 2.24) is 19.6 Å². The predicted molar refractivity (Wildman–Crippen MR) is 111 cm³/mol. The monoisotopic (exact) mass is 525 g/mol. The highest BCUT2D eigenvalue weighted by Gasteiger charge is 2.22. The minimum atomic E-state index is -2.82. The molecule has 2 aromatic heterocycles. The van der Waals surface area contributed by atoms with Gasteiger partial charge in [-0.15, -0.1) is 0 Å². The van der Waals surface area contributed by atoms with E-state index in [1.165, 1.54) is 6.92 Å². The summed E-state index contributed by atoms with van der Waals surface area (Å²) in [6.07, 6.45) is -1.15. The number of carbonyl (C=O) groups is 1. The molecule has 0 unspecified atom stereocenters. The van der Waals surface area contributed by atoms with Gasteiger partial charge >= 0.3 is 0 Å². The van der Waals surface area contributed by atoms with E-state index in [2.05, 4.69) is 31.4 Å². The first-order valence-electron chi connectivity index (χ1n) is 8.13. The smallest absolute Gasteiger partial charge is 0.283 e. The zero-order chi connectivity index (χ0) is 21.3. The van der Waals surface area contributed by atoms with E-state index >= 15 is 0 Å². The van der Waals surface area contributed by atoms with Crippen LogP contribution < -0.4 is 5.32 Å². The Morgan fingerprint density at radius 3 is 2.62 bits per heavy atom. The lowest BCUT2D eigenvalue weighted by Gasteiger charge is -2.06. The molecule has 6 nitrogen and oxygen atoms in total. The molecule has 29 heavy (non-hydrogen) atoms. The number of benzene rings is 1. The summed E-state index contributed by atoms with van der Waals surface area (Å²) in [7, 11) is 0. The van der Waals surface area contributed by atoms with Crippen LogP contribution in [-0.2, 0) is 17.9 Å². The maximum atomic E-state index is 12.9. The molecule has 0 saturated heterocycles. The minimum Gasteiger partial charge on any atom is -0.307 e. The van der Waals surface area contributed by atoms with E-state index in [4.69, 9.17) is 34.8 Å². The highest BCUT2D eigenvalue weighted by molar-refractivity contribution is 9.10. The van der Waals surface area contributed by atoms with Gasteiger partial charge in [0, 0.05) is 16.2 Å². The first kappa shape index (κ1) is 22.0. The number of rotatable bonds is 6. The number of hydrogen-bond donors (Lipinski definition) is 1. The van der Waals surface area contributed by atoms with Crippen LogP contribution in [0.15, 0.2) is 28.9 Å². The van der Waals surface area contributed by atoms with Gasteiger partial charge in [-0.2, -0.15) is 10.2 Å². The van der Waals surface area contributed by atoms with E-state index in [1.54, 1.807) is 29.1 Å². The van der Waals surface area contributed by atoms with Gasteiger partial charge < -0.3 is 5.32 Å². The Morgan fingerprint density at radius 2 is 2.00 bits per heavy atom. The Morgan fingerprint density at radius 1 is 1.28 bits per heavy atom. The molecule has 1 N–H and O–H groups in total. The van der Waals surface area contributed by atoms with Crippen molar-refractivity contribution in [1.29, 1.82) is 0 Å². The van der Waals surface area contributed by atoms with E-state index in [0.29, 0.717) is 21.1 Å². The van der Waals surface area contributed by atoms with Crippen molar-refractivity contribution in [3.05, 3.63) is 60.9 Å². The molecule has 0 aliphatic heterocycles. The number of carbonyl (C=O) groups excluding carboxylic acids is 1. The van der Waals surface area contributed by atoms with Gasteiger partial charge in [0.1, 0.15) is 12.2 Å². The highest BCUT2D eigenvalue weighted by Crippen LogP contribution is 2.29. The molecule has 0 aliphatic carbocycles. The molecule has 3 rings (SSSR count). The number of halogens is 6. The predicted octanol–water partition coefficient (Wildman–Crippen LogP) is 5.74. The van der Waals surface area contributed by atoms with Crippen LogP contribution in [0, 0.1) is 6.92 Å². The summed E-state index contributed by atoms with van der Waals surface area (Å²) in [4.78, 5) is 12.3. The second-order valence-corrected chi connectivity index (χ2v) is 8.13.